The Labute approximate surface area is 185 Å². The lowest BCUT2D eigenvalue weighted by Crippen LogP contribution is -2.20. The summed E-state index contributed by atoms with van der Waals surface area (Å²) in [6.07, 6.45) is 5.87. The monoisotopic (exact) mass is 416 g/mol. The van der Waals surface area contributed by atoms with Crippen molar-refractivity contribution < 1.29 is 0 Å². The van der Waals surface area contributed by atoms with E-state index in [1.165, 1.54) is 0 Å². The first-order valence-electron chi connectivity index (χ1n) is 10.5. The van der Waals surface area contributed by atoms with E-state index in [9.17, 15) is 0 Å². The molecule has 6 nitrogen and oxygen atoms in total. The number of benzene rings is 3. The van der Waals surface area contributed by atoms with Crippen LogP contribution in [-0.2, 0) is 0 Å². The van der Waals surface area contributed by atoms with Gasteiger partial charge in [0.25, 0.3) is 0 Å². The van der Waals surface area contributed by atoms with Crippen molar-refractivity contribution in [3.63, 3.8) is 0 Å². The molecule has 0 aliphatic carbocycles. The zero-order valence-electron chi connectivity index (χ0n) is 17.2. The summed E-state index contributed by atoms with van der Waals surface area (Å²) in [5.41, 5.74) is 6.15. The lowest BCUT2D eigenvalue weighted by atomic mass is 9.99. The lowest BCUT2D eigenvalue weighted by Gasteiger charge is -2.24. The lowest BCUT2D eigenvalue weighted by molar-refractivity contribution is 0.612. The number of hydrogen-bond acceptors (Lipinski definition) is 4. The zero-order valence-corrected chi connectivity index (χ0v) is 17.2. The Hall–Kier alpha value is -4.45. The van der Waals surface area contributed by atoms with E-state index in [0.29, 0.717) is 5.95 Å². The SMILES string of the molecule is C1=C(c2ccccc2)Nc2ncnn2[C@@H]1c1cn(-c2ccccc2)nc1-c1ccccc1. The summed E-state index contributed by atoms with van der Waals surface area (Å²) in [7, 11) is 0. The van der Waals surface area contributed by atoms with Crippen LogP contribution in [0.3, 0.4) is 0 Å². The molecule has 1 aliphatic heterocycles. The molecule has 0 saturated heterocycles. The quantitative estimate of drug-likeness (QED) is 0.438. The van der Waals surface area contributed by atoms with Gasteiger partial charge in [0.15, 0.2) is 0 Å². The normalized spacial score (nSPS) is 15.0. The van der Waals surface area contributed by atoms with Gasteiger partial charge in [0.1, 0.15) is 12.4 Å². The Balaban J connectivity index is 1.55. The molecule has 0 unspecified atom stereocenters. The highest BCUT2D eigenvalue weighted by Crippen LogP contribution is 2.36. The number of nitrogens with zero attached hydrogens (tertiary/aromatic N) is 5. The van der Waals surface area contributed by atoms with E-state index in [-0.39, 0.29) is 6.04 Å². The van der Waals surface area contributed by atoms with Gasteiger partial charge in [0.05, 0.1) is 11.4 Å². The fourth-order valence-electron chi connectivity index (χ4n) is 4.08. The molecule has 32 heavy (non-hydrogen) atoms. The number of aromatic nitrogens is 5. The number of hydrogen-bond donors (Lipinski definition) is 1. The van der Waals surface area contributed by atoms with Crippen LogP contribution in [0.1, 0.15) is 17.2 Å². The molecule has 0 spiro atoms. The molecule has 6 rings (SSSR count). The van der Waals surface area contributed by atoms with Gasteiger partial charge in [-0.05, 0) is 23.8 Å². The summed E-state index contributed by atoms with van der Waals surface area (Å²) in [6.45, 7) is 0. The number of anilines is 1. The Bertz CT molecular complexity index is 1380. The summed E-state index contributed by atoms with van der Waals surface area (Å²) in [6, 6.07) is 30.5. The van der Waals surface area contributed by atoms with Gasteiger partial charge in [-0.15, -0.1) is 0 Å². The third-order valence-corrected chi connectivity index (χ3v) is 5.62. The van der Waals surface area contributed by atoms with Crippen LogP contribution in [-0.4, -0.2) is 24.5 Å². The van der Waals surface area contributed by atoms with Crippen LogP contribution in [0.5, 0.6) is 0 Å². The van der Waals surface area contributed by atoms with Gasteiger partial charge < -0.3 is 5.32 Å². The highest BCUT2D eigenvalue weighted by atomic mass is 15.4. The predicted molar refractivity (Wildman–Crippen MR) is 125 cm³/mol. The molecule has 0 fully saturated rings. The minimum absolute atomic E-state index is 0.156. The summed E-state index contributed by atoms with van der Waals surface area (Å²) < 4.78 is 3.84. The minimum atomic E-state index is -0.156. The van der Waals surface area contributed by atoms with Crippen molar-refractivity contribution in [3.05, 3.63) is 121 Å². The van der Waals surface area contributed by atoms with Crippen LogP contribution < -0.4 is 5.32 Å². The molecule has 1 N–H and O–H groups in total. The van der Waals surface area contributed by atoms with Crippen molar-refractivity contribution in [2.45, 2.75) is 6.04 Å². The smallest absolute Gasteiger partial charge is 0.226 e. The molecule has 1 atom stereocenters. The van der Waals surface area contributed by atoms with E-state index in [2.05, 4.69) is 64.1 Å². The Kier molecular flexibility index (Phi) is 4.39. The Morgan fingerprint density at radius 3 is 2.12 bits per heavy atom. The molecular formula is C26H20N6. The van der Waals surface area contributed by atoms with Crippen molar-refractivity contribution in [1.82, 2.24) is 24.5 Å². The maximum atomic E-state index is 4.99. The molecule has 3 heterocycles. The maximum Gasteiger partial charge on any atom is 0.226 e. The van der Waals surface area contributed by atoms with Crippen LogP contribution >= 0.6 is 0 Å². The molecule has 0 amide bonds. The van der Waals surface area contributed by atoms with Crippen molar-refractivity contribution in [2.75, 3.05) is 5.32 Å². The number of rotatable bonds is 4. The van der Waals surface area contributed by atoms with E-state index in [0.717, 1.165) is 33.8 Å². The molecule has 0 radical (unpaired) electrons. The number of para-hydroxylation sites is 1. The van der Waals surface area contributed by atoms with Gasteiger partial charge in [-0.25, -0.2) is 9.36 Å². The molecule has 2 aromatic heterocycles. The Morgan fingerprint density at radius 2 is 1.41 bits per heavy atom. The first-order valence-corrected chi connectivity index (χ1v) is 10.5. The first kappa shape index (κ1) is 18.3. The fourth-order valence-corrected chi connectivity index (χ4v) is 4.08. The predicted octanol–water partition coefficient (Wildman–Crippen LogP) is 5.19. The molecule has 0 bridgehead atoms. The fraction of sp³-hybridized carbons (Fsp3) is 0.0385. The number of fused-ring (bicyclic) bond motifs is 1. The van der Waals surface area contributed by atoms with E-state index < -0.39 is 0 Å². The molecular weight excluding hydrogens is 396 g/mol. The van der Waals surface area contributed by atoms with Gasteiger partial charge in [-0.3, -0.25) is 0 Å². The molecule has 1 aliphatic rings. The summed E-state index contributed by atoms with van der Waals surface area (Å²) in [5.74, 6) is 0.711. The molecule has 5 aromatic rings. The third kappa shape index (κ3) is 3.18. The van der Waals surface area contributed by atoms with Crippen molar-refractivity contribution in [2.24, 2.45) is 0 Å². The average molecular weight is 416 g/mol. The molecule has 3 aromatic carbocycles. The summed E-state index contributed by atoms with van der Waals surface area (Å²) >= 11 is 0. The van der Waals surface area contributed by atoms with Crippen LogP contribution in [0.15, 0.2) is 110 Å². The standard InChI is InChI=1S/C26H20N6/c1-4-10-19(11-5-1)23-16-24(32-26(29-23)27-18-28-32)22-17-31(21-14-8-3-9-15-21)30-25(22)20-12-6-2-7-13-20/h1-18,24H,(H,27,28,29)/t24-/m0/s1. The van der Waals surface area contributed by atoms with Gasteiger partial charge in [-0.1, -0.05) is 78.9 Å². The van der Waals surface area contributed by atoms with Crippen LogP contribution in [0.25, 0.3) is 22.6 Å². The van der Waals surface area contributed by atoms with Gasteiger partial charge in [-0.2, -0.15) is 15.2 Å². The van der Waals surface area contributed by atoms with E-state index in [1.807, 2.05) is 64.0 Å². The van der Waals surface area contributed by atoms with E-state index in [1.54, 1.807) is 6.33 Å². The molecule has 6 heteroatoms. The molecule has 154 valence electrons. The Morgan fingerprint density at radius 1 is 0.750 bits per heavy atom. The minimum Gasteiger partial charge on any atom is -0.324 e. The number of allylic oxidation sites excluding steroid dienone is 1. The zero-order chi connectivity index (χ0) is 21.3. The van der Waals surface area contributed by atoms with Crippen LogP contribution in [0.4, 0.5) is 5.95 Å². The van der Waals surface area contributed by atoms with Crippen molar-refractivity contribution in [3.8, 4) is 16.9 Å². The highest BCUT2D eigenvalue weighted by molar-refractivity contribution is 5.78. The summed E-state index contributed by atoms with van der Waals surface area (Å²) in [5, 5.41) is 12.9. The first-order chi connectivity index (χ1) is 15.9. The summed E-state index contributed by atoms with van der Waals surface area (Å²) in [4.78, 5) is 4.45. The second-order valence-electron chi connectivity index (χ2n) is 7.62. The number of nitrogens with one attached hydrogen (secondary N) is 1. The van der Waals surface area contributed by atoms with Gasteiger partial charge in [0, 0.05) is 23.0 Å². The van der Waals surface area contributed by atoms with E-state index in [4.69, 9.17) is 5.10 Å². The highest BCUT2D eigenvalue weighted by Gasteiger charge is 2.28. The van der Waals surface area contributed by atoms with Crippen molar-refractivity contribution in [1.29, 1.82) is 0 Å². The van der Waals surface area contributed by atoms with Gasteiger partial charge >= 0.3 is 0 Å². The second kappa shape index (κ2) is 7.67. The van der Waals surface area contributed by atoms with Gasteiger partial charge in [0.2, 0.25) is 5.95 Å². The third-order valence-electron chi connectivity index (χ3n) is 5.62. The largest absolute Gasteiger partial charge is 0.324 e. The van der Waals surface area contributed by atoms with Crippen molar-refractivity contribution >= 4 is 11.6 Å². The maximum absolute atomic E-state index is 4.99. The van der Waals surface area contributed by atoms with Crippen LogP contribution in [0, 0.1) is 0 Å². The average Bonchev–Trinajstić information content (AvgIpc) is 3.53. The topological polar surface area (TPSA) is 60.6 Å². The second-order valence-corrected chi connectivity index (χ2v) is 7.62. The van der Waals surface area contributed by atoms with E-state index >= 15 is 0 Å². The van der Waals surface area contributed by atoms with Crippen LogP contribution in [0.2, 0.25) is 0 Å². The molecule has 0 saturated carbocycles.